The molecule has 0 spiro atoms. The van der Waals surface area contributed by atoms with Crippen LogP contribution in [0.4, 0.5) is 0 Å². The summed E-state index contributed by atoms with van der Waals surface area (Å²) < 4.78 is 5.00. The van der Waals surface area contributed by atoms with Crippen molar-refractivity contribution in [1.82, 2.24) is 4.90 Å². The van der Waals surface area contributed by atoms with Gasteiger partial charge in [0.05, 0.1) is 5.92 Å². The number of aliphatic carboxylic acids is 1. The van der Waals surface area contributed by atoms with E-state index in [0.29, 0.717) is 19.4 Å². The van der Waals surface area contributed by atoms with Crippen LogP contribution < -0.4 is 5.73 Å². The fraction of sp³-hybridized carbons (Fsp3) is 0.818. The number of nitrogens with zero attached hydrogens (tertiary/aromatic N) is 1. The zero-order chi connectivity index (χ0) is 13.0. The SMILES string of the molecule is COC(CN)C(=O)N1CCC(C(=O)O)CC1C. The van der Waals surface area contributed by atoms with E-state index in [9.17, 15) is 9.59 Å². The number of amides is 1. The van der Waals surface area contributed by atoms with Crippen molar-refractivity contribution in [1.29, 1.82) is 0 Å². The summed E-state index contributed by atoms with van der Waals surface area (Å²) in [5.41, 5.74) is 5.45. The molecule has 1 aliphatic rings. The van der Waals surface area contributed by atoms with Crippen molar-refractivity contribution in [2.24, 2.45) is 11.7 Å². The molecule has 3 unspecified atom stereocenters. The highest BCUT2D eigenvalue weighted by atomic mass is 16.5. The lowest BCUT2D eigenvalue weighted by Gasteiger charge is -2.37. The molecule has 3 N–H and O–H groups in total. The molecule has 1 saturated heterocycles. The first kappa shape index (κ1) is 13.9. The third kappa shape index (κ3) is 3.17. The Balaban J connectivity index is 2.63. The Bertz CT molecular complexity index is 291. The first-order valence-electron chi connectivity index (χ1n) is 5.77. The Morgan fingerprint density at radius 1 is 1.59 bits per heavy atom. The molecule has 1 amide bonds. The van der Waals surface area contributed by atoms with Gasteiger partial charge in [0.15, 0.2) is 0 Å². The molecule has 98 valence electrons. The van der Waals surface area contributed by atoms with Gasteiger partial charge in [-0.15, -0.1) is 0 Å². The predicted octanol–water partition coefficient (Wildman–Crippen LogP) is -0.328. The molecule has 6 nitrogen and oxygen atoms in total. The fourth-order valence-corrected chi connectivity index (χ4v) is 2.21. The highest BCUT2D eigenvalue weighted by Crippen LogP contribution is 2.23. The zero-order valence-electron chi connectivity index (χ0n) is 10.3. The second kappa shape index (κ2) is 5.97. The quantitative estimate of drug-likeness (QED) is 0.706. The molecular weight excluding hydrogens is 224 g/mol. The molecule has 0 aromatic rings. The highest BCUT2D eigenvalue weighted by molar-refractivity contribution is 5.82. The summed E-state index contributed by atoms with van der Waals surface area (Å²) in [5, 5.41) is 8.93. The average Bonchev–Trinajstić information content (AvgIpc) is 2.30. The third-order valence-corrected chi connectivity index (χ3v) is 3.28. The molecule has 1 heterocycles. The topological polar surface area (TPSA) is 92.9 Å². The van der Waals surface area contributed by atoms with E-state index in [1.54, 1.807) is 4.90 Å². The number of carbonyl (C=O) groups excluding carboxylic acids is 1. The van der Waals surface area contributed by atoms with E-state index in [1.165, 1.54) is 7.11 Å². The van der Waals surface area contributed by atoms with Crippen LogP contribution in [0.5, 0.6) is 0 Å². The predicted molar refractivity (Wildman–Crippen MR) is 61.4 cm³/mol. The molecule has 0 aromatic carbocycles. The fourth-order valence-electron chi connectivity index (χ4n) is 2.21. The number of methoxy groups -OCH3 is 1. The number of hydrogen-bond acceptors (Lipinski definition) is 4. The summed E-state index contributed by atoms with van der Waals surface area (Å²) in [6, 6.07) is -0.0819. The molecule has 0 bridgehead atoms. The lowest BCUT2D eigenvalue weighted by atomic mass is 9.91. The van der Waals surface area contributed by atoms with Crippen LogP contribution in [0.1, 0.15) is 19.8 Å². The van der Waals surface area contributed by atoms with Gasteiger partial charge in [-0.1, -0.05) is 0 Å². The van der Waals surface area contributed by atoms with Crippen molar-refractivity contribution < 1.29 is 19.4 Å². The number of carboxylic acid groups (broad SMARTS) is 1. The monoisotopic (exact) mass is 244 g/mol. The Morgan fingerprint density at radius 3 is 2.65 bits per heavy atom. The molecule has 0 radical (unpaired) electrons. The normalized spacial score (nSPS) is 26.6. The van der Waals surface area contributed by atoms with Gasteiger partial charge < -0.3 is 20.5 Å². The lowest BCUT2D eigenvalue weighted by molar-refractivity contribution is -0.151. The lowest BCUT2D eigenvalue weighted by Crippen LogP contribution is -2.51. The van der Waals surface area contributed by atoms with E-state index in [0.717, 1.165) is 0 Å². The largest absolute Gasteiger partial charge is 0.481 e. The highest BCUT2D eigenvalue weighted by Gasteiger charge is 2.34. The van der Waals surface area contributed by atoms with Gasteiger partial charge in [-0.05, 0) is 19.8 Å². The van der Waals surface area contributed by atoms with E-state index in [4.69, 9.17) is 15.6 Å². The first-order chi connectivity index (χ1) is 8.01. The minimum absolute atomic E-state index is 0.0819. The molecule has 1 fully saturated rings. The minimum atomic E-state index is -0.786. The second-order valence-electron chi connectivity index (χ2n) is 4.40. The van der Waals surface area contributed by atoms with Crippen molar-refractivity contribution in [2.45, 2.75) is 31.9 Å². The van der Waals surface area contributed by atoms with E-state index < -0.39 is 12.1 Å². The van der Waals surface area contributed by atoms with Crippen molar-refractivity contribution in [3.63, 3.8) is 0 Å². The van der Waals surface area contributed by atoms with Crippen molar-refractivity contribution in [2.75, 3.05) is 20.2 Å². The van der Waals surface area contributed by atoms with E-state index in [-0.39, 0.29) is 24.4 Å². The van der Waals surface area contributed by atoms with Crippen LogP contribution in [-0.4, -0.2) is 54.2 Å². The number of likely N-dealkylation sites (tertiary alicyclic amines) is 1. The second-order valence-corrected chi connectivity index (χ2v) is 4.40. The molecular formula is C11H20N2O4. The molecule has 1 aliphatic heterocycles. The molecule has 0 aliphatic carbocycles. The van der Waals surface area contributed by atoms with Crippen LogP contribution in [0, 0.1) is 5.92 Å². The Labute approximate surface area is 101 Å². The summed E-state index contributed by atoms with van der Waals surface area (Å²) in [7, 11) is 1.45. The van der Waals surface area contributed by atoms with Gasteiger partial charge in [0.2, 0.25) is 0 Å². The molecule has 6 heteroatoms. The van der Waals surface area contributed by atoms with Gasteiger partial charge >= 0.3 is 5.97 Å². The van der Waals surface area contributed by atoms with Gasteiger partial charge in [0, 0.05) is 26.2 Å². The van der Waals surface area contributed by atoms with Crippen LogP contribution in [0.2, 0.25) is 0 Å². The molecule has 0 aromatic heterocycles. The van der Waals surface area contributed by atoms with Gasteiger partial charge in [0.1, 0.15) is 6.10 Å². The average molecular weight is 244 g/mol. The van der Waals surface area contributed by atoms with Crippen molar-refractivity contribution in [3.05, 3.63) is 0 Å². The number of hydrogen-bond donors (Lipinski definition) is 2. The summed E-state index contributed by atoms with van der Waals surface area (Å²) in [5.74, 6) is -1.29. The molecule has 0 saturated carbocycles. The van der Waals surface area contributed by atoms with Gasteiger partial charge in [0.25, 0.3) is 5.91 Å². The number of ether oxygens (including phenoxy) is 1. The van der Waals surface area contributed by atoms with Crippen molar-refractivity contribution in [3.8, 4) is 0 Å². The van der Waals surface area contributed by atoms with Crippen LogP contribution in [0.15, 0.2) is 0 Å². The maximum atomic E-state index is 12.0. The Hall–Kier alpha value is -1.14. The van der Waals surface area contributed by atoms with Crippen LogP contribution in [-0.2, 0) is 14.3 Å². The number of nitrogens with two attached hydrogens (primary N) is 1. The standard InChI is InChI=1S/C11H20N2O4/c1-7-5-8(11(15)16)3-4-13(7)10(14)9(6-12)17-2/h7-9H,3-6,12H2,1-2H3,(H,15,16). The van der Waals surface area contributed by atoms with E-state index in [1.807, 2.05) is 6.92 Å². The summed E-state index contributed by atoms with van der Waals surface area (Å²) in [6.45, 7) is 2.45. The minimum Gasteiger partial charge on any atom is -0.481 e. The Kier molecular flexibility index (Phi) is 4.89. The van der Waals surface area contributed by atoms with Gasteiger partial charge in [-0.3, -0.25) is 9.59 Å². The first-order valence-corrected chi connectivity index (χ1v) is 5.77. The molecule has 3 atom stereocenters. The summed E-state index contributed by atoms with van der Waals surface area (Å²) in [4.78, 5) is 24.6. The molecule has 17 heavy (non-hydrogen) atoms. The summed E-state index contributed by atoms with van der Waals surface area (Å²) in [6.07, 6.45) is 0.355. The summed E-state index contributed by atoms with van der Waals surface area (Å²) >= 11 is 0. The third-order valence-electron chi connectivity index (χ3n) is 3.28. The number of piperidine rings is 1. The van der Waals surface area contributed by atoms with Gasteiger partial charge in [-0.25, -0.2) is 0 Å². The van der Waals surface area contributed by atoms with Gasteiger partial charge in [-0.2, -0.15) is 0 Å². The van der Waals surface area contributed by atoms with E-state index >= 15 is 0 Å². The molecule has 1 rings (SSSR count). The van der Waals surface area contributed by atoms with Crippen molar-refractivity contribution >= 4 is 11.9 Å². The number of carboxylic acids is 1. The Morgan fingerprint density at radius 2 is 2.24 bits per heavy atom. The van der Waals surface area contributed by atoms with Crippen LogP contribution >= 0.6 is 0 Å². The number of carbonyl (C=O) groups is 2. The van der Waals surface area contributed by atoms with Crippen LogP contribution in [0.25, 0.3) is 0 Å². The van der Waals surface area contributed by atoms with E-state index in [2.05, 4.69) is 0 Å². The number of rotatable bonds is 4. The maximum absolute atomic E-state index is 12.0. The zero-order valence-corrected chi connectivity index (χ0v) is 10.3. The maximum Gasteiger partial charge on any atom is 0.306 e. The smallest absolute Gasteiger partial charge is 0.306 e. The van der Waals surface area contributed by atoms with Crippen LogP contribution in [0.3, 0.4) is 0 Å².